The van der Waals surface area contributed by atoms with E-state index in [4.69, 9.17) is 0 Å². The van der Waals surface area contributed by atoms with Gasteiger partial charge in [-0.15, -0.1) is 0 Å². The van der Waals surface area contributed by atoms with E-state index < -0.39 is 0 Å². The van der Waals surface area contributed by atoms with Gasteiger partial charge in [-0.2, -0.15) is 5.10 Å². The van der Waals surface area contributed by atoms with Crippen LogP contribution < -0.4 is 10.6 Å². The summed E-state index contributed by atoms with van der Waals surface area (Å²) >= 11 is 0. The Morgan fingerprint density at radius 2 is 1.85 bits per heavy atom. The van der Waals surface area contributed by atoms with Crippen LogP contribution in [-0.2, 0) is 0 Å². The molecule has 1 atom stereocenters. The third-order valence-electron chi connectivity index (χ3n) is 4.67. The highest BCUT2D eigenvalue weighted by Gasteiger charge is 2.13. The summed E-state index contributed by atoms with van der Waals surface area (Å²) in [5, 5.41) is 14.4. The standard InChI is InChI=1S/C21H24F2N4/c1-13(2)21(24-3)12-25-20-10-16-18(26-27-19(16)11-17(20)23)9-6-14-4-7-15(22)8-5-14/h4-11,13,21,24-25H,12H2,1-3H3,(H,26,27). The van der Waals surface area contributed by atoms with E-state index in [0.717, 1.165) is 10.9 Å². The Bertz CT molecular complexity index is 929. The zero-order chi connectivity index (χ0) is 19.4. The van der Waals surface area contributed by atoms with Crippen LogP contribution in [-0.4, -0.2) is 29.8 Å². The molecule has 1 unspecified atom stereocenters. The molecule has 1 heterocycles. The van der Waals surface area contributed by atoms with E-state index in [9.17, 15) is 8.78 Å². The van der Waals surface area contributed by atoms with Crippen LogP contribution in [0.5, 0.6) is 0 Å². The van der Waals surface area contributed by atoms with Gasteiger partial charge in [0.1, 0.15) is 11.6 Å². The molecule has 6 heteroatoms. The molecule has 1 aromatic heterocycles. The van der Waals surface area contributed by atoms with E-state index in [0.29, 0.717) is 29.4 Å². The Morgan fingerprint density at radius 3 is 2.52 bits per heavy atom. The third-order valence-corrected chi connectivity index (χ3v) is 4.67. The van der Waals surface area contributed by atoms with Gasteiger partial charge in [-0.3, -0.25) is 5.10 Å². The number of likely N-dealkylation sites (N-methyl/N-ethyl adjacent to an activating group) is 1. The van der Waals surface area contributed by atoms with Crippen LogP contribution in [0.15, 0.2) is 36.4 Å². The van der Waals surface area contributed by atoms with Crippen molar-refractivity contribution < 1.29 is 8.78 Å². The second-order valence-corrected chi connectivity index (χ2v) is 6.89. The summed E-state index contributed by atoms with van der Waals surface area (Å²) in [6.07, 6.45) is 3.68. The van der Waals surface area contributed by atoms with Crippen molar-refractivity contribution in [1.29, 1.82) is 0 Å². The van der Waals surface area contributed by atoms with Gasteiger partial charge in [-0.05, 0) is 42.8 Å². The van der Waals surface area contributed by atoms with Gasteiger partial charge in [0, 0.05) is 24.0 Å². The Labute approximate surface area is 157 Å². The highest BCUT2D eigenvalue weighted by Crippen LogP contribution is 2.25. The van der Waals surface area contributed by atoms with E-state index in [1.165, 1.54) is 18.2 Å². The molecule has 0 amide bonds. The molecule has 0 bridgehead atoms. The number of fused-ring (bicyclic) bond motifs is 1. The first-order chi connectivity index (χ1) is 13.0. The summed E-state index contributed by atoms with van der Waals surface area (Å²) in [5.74, 6) is -0.166. The highest BCUT2D eigenvalue weighted by molar-refractivity contribution is 5.91. The minimum Gasteiger partial charge on any atom is -0.381 e. The Hall–Kier alpha value is -2.73. The number of nitrogens with zero attached hydrogens (tertiary/aromatic N) is 1. The molecule has 0 aliphatic rings. The van der Waals surface area contributed by atoms with Gasteiger partial charge >= 0.3 is 0 Å². The Morgan fingerprint density at radius 1 is 1.11 bits per heavy atom. The maximum Gasteiger partial charge on any atom is 0.148 e. The van der Waals surface area contributed by atoms with Crippen LogP contribution in [0.1, 0.15) is 25.1 Å². The maximum atomic E-state index is 14.4. The number of anilines is 1. The first kappa shape index (κ1) is 19.0. The summed E-state index contributed by atoms with van der Waals surface area (Å²) in [4.78, 5) is 0. The number of nitrogens with one attached hydrogen (secondary N) is 3. The number of rotatable bonds is 7. The molecule has 3 aromatic rings. The van der Waals surface area contributed by atoms with Gasteiger partial charge < -0.3 is 10.6 Å². The molecule has 0 radical (unpaired) electrons. The fourth-order valence-electron chi connectivity index (χ4n) is 2.96. The molecule has 142 valence electrons. The number of aromatic amines is 1. The fraction of sp³-hybridized carbons (Fsp3) is 0.286. The number of hydrogen-bond donors (Lipinski definition) is 3. The quantitative estimate of drug-likeness (QED) is 0.567. The number of halogens is 2. The van der Waals surface area contributed by atoms with E-state index in [1.54, 1.807) is 18.2 Å². The second kappa shape index (κ2) is 8.31. The number of hydrogen-bond acceptors (Lipinski definition) is 3. The number of aromatic nitrogens is 2. The summed E-state index contributed by atoms with van der Waals surface area (Å²) in [7, 11) is 1.90. The summed E-state index contributed by atoms with van der Waals surface area (Å²) in [5.41, 5.74) is 2.64. The normalized spacial score (nSPS) is 13.0. The molecule has 0 spiro atoms. The van der Waals surface area contributed by atoms with Crippen molar-refractivity contribution in [3.8, 4) is 0 Å². The highest BCUT2D eigenvalue weighted by atomic mass is 19.1. The van der Waals surface area contributed by atoms with Crippen LogP contribution in [0.2, 0.25) is 0 Å². The predicted molar refractivity (Wildman–Crippen MR) is 108 cm³/mol. The van der Waals surface area contributed by atoms with Crippen molar-refractivity contribution >= 4 is 28.7 Å². The summed E-state index contributed by atoms with van der Waals surface area (Å²) in [6.45, 7) is 4.86. The van der Waals surface area contributed by atoms with Gasteiger partial charge in [-0.1, -0.05) is 32.1 Å². The van der Waals surface area contributed by atoms with Crippen LogP contribution in [0.25, 0.3) is 23.1 Å². The van der Waals surface area contributed by atoms with E-state index >= 15 is 0 Å². The average Bonchev–Trinajstić information content (AvgIpc) is 3.03. The maximum absolute atomic E-state index is 14.4. The Balaban J connectivity index is 1.84. The molecular weight excluding hydrogens is 346 g/mol. The molecule has 3 N–H and O–H groups in total. The summed E-state index contributed by atoms with van der Waals surface area (Å²) < 4.78 is 27.4. The van der Waals surface area contributed by atoms with E-state index in [1.807, 2.05) is 19.2 Å². The smallest absolute Gasteiger partial charge is 0.148 e. The van der Waals surface area contributed by atoms with Crippen LogP contribution in [0.3, 0.4) is 0 Å². The predicted octanol–water partition coefficient (Wildman–Crippen LogP) is 4.67. The minimum absolute atomic E-state index is 0.238. The zero-order valence-electron chi connectivity index (χ0n) is 15.7. The van der Waals surface area contributed by atoms with Crippen molar-refractivity contribution in [1.82, 2.24) is 15.5 Å². The second-order valence-electron chi connectivity index (χ2n) is 6.89. The minimum atomic E-state index is -0.321. The van der Waals surface area contributed by atoms with Crippen molar-refractivity contribution in [3.05, 3.63) is 59.3 Å². The molecular formula is C21H24F2N4. The topological polar surface area (TPSA) is 52.7 Å². The van der Waals surface area contributed by atoms with Crippen molar-refractivity contribution in [2.45, 2.75) is 19.9 Å². The molecule has 0 aliphatic heterocycles. The van der Waals surface area contributed by atoms with Crippen LogP contribution in [0, 0.1) is 17.6 Å². The van der Waals surface area contributed by atoms with Gasteiger partial charge in [0.05, 0.1) is 16.9 Å². The summed E-state index contributed by atoms with van der Waals surface area (Å²) in [6, 6.07) is 9.66. The van der Waals surface area contributed by atoms with Gasteiger partial charge in [-0.25, -0.2) is 8.78 Å². The zero-order valence-corrected chi connectivity index (χ0v) is 15.7. The van der Waals surface area contributed by atoms with Gasteiger partial charge in [0.25, 0.3) is 0 Å². The molecule has 0 saturated heterocycles. The molecule has 0 aliphatic carbocycles. The number of benzene rings is 2. The van der Waals surface area contributed by atoms with Crippen LogP contribution in [0.4, 0.5) is 14.5 Å². The molecule has 2 aromatic carbocycles. The van der Waals surface area contributed by atoms with Gasteiger partial charge in [0.15, 0.2) is 0 Å². The monoisotopic (exact) mass is 370 g/mol. The van der Waals surface area contributed by atoms with Gasteiger partial charge in [0.2, 0.25) is 0 Å². The fourth-order valence-corrected chi connectivity index (χ4v) is 2.96. The lowest BCUT2D eigenvalue weighted by Gasteiger charge is -2.21. The molecule has 0 fully saturated rings. The van der Waals surface area contributed by atoms with Crippen molar-refractivity contribution in [3.63, 3.8) is 0 Å². The molecule has 3 rings (SSSR count). The average molecular weight is 370 g/mol. The molecule has 27 heavy (non-hydrogen) atoms. The van der Waals surface area contributed by atoms with Crippen LogP contribution >= 0.6 is 0 Å². The Kier molecular flexibility index (Phi) is 5.86. The van der Waals surface area contributed by atoms with E-state index in [2.05, 4.69) is 34.7 Å². The lowest BCUT2D eigenvalue weighted by molar-refractivity contribution is 0.443. The first-order valence-corrected chi connectivity index (χ1v) is 9.00. The number of H-pyrrole nitrogens is 1. The van der Waals surface area contributed by atoms with E-state index in [-0.39, 0.29) is 17.7 Å². The first-order valence-electron chi connectivity index (χ1n) is 9.00. The third kappa shape index (κ3) is 4.52. The SMILES string of the molecule is CNC(CNc1cc2c(C=Cc3ccc(F)cc3)n[nH]c2cc1F)C(C)C. The lowest BCUT2D eigenvalue weighted by Crippen LogP contribution is -2.37. The molecule has 4 nitrogen and oxygen atoms in total. The van der Waals surface area contributed by atoms with Crippen molar-refractivity contribution in [2.24, 2.45) is 5.92 Å². The largest absolute Gasteiger partial charge is 0.381 e. The lowest BCUT2D eigenvalue weighted by atomic mass is 10.0. The van der Waals surface area contributed by atoms with Crippen molar-refractivity contribution in [2.75, 3.05) is 18.9 Å². The molecule has 0 saturated carbocycles.